The van der Waals surface area contributed by atoms with Crippen LogP contribution < -0.4 is 9.64 Å². The second kappa shape index (κ2) is 11.5. The number of ether oxygens (including phenoxy) is 3. The third-order valence-electron chi connectivity index (χ3n) is 10.7. The molecule has 8 nitrogen and oxygen atoms in total. The van der Waals surface area contributed by atoms with Crippen molar-refractivity contribution in [1.82, 2.24) is 14.9 Å². The van der Waals surface area contributed by atoms with Crippen LogP contribution in [-0.2, 0) is 15.9 Å². The van der Waals surface area contributed by atoms with E-state index < -0.39 is 28.6 Å². The number of anilines is 1. The first-order chi connectivity index (χ1) is 22.7. The van der Waals surface area contributed by atoms with Crippen LogP contribution in [0.2, 0.25) is 0 Å². The van der Waals surface area contributed by atoms with Gasteiger partial charge in [0.15, 0.2) is 5.82 Å². The number of hydrogen-bond donors (Lipinski definition) is 1. The standard InChI is InChI=1S/C36H39F3N4O4/c1-3-24-27(37)6-5-22-13-23(44)14-25(29(22)24)30-28(38)15-26-32(31(30)39)40-34(46-19-35-7-4-9-43(35)17-21(2)16-35)41-33(26)42-10-12-45-20-36(18-42)8-11-47-36/h5-6,13-15,21,44H,3-4,7-12,16-20H2,1-2H3/t21-,35+,36?/m1/s1. The van der Waals surface area contributed by atoms with Crippen LogP contribution in [0.25, 0.3) is 32.8 Å². The Morgan fingerprint density at radius 2 is 1.91 bits per heavy atom. The molecule has 3 aromatic carbocycles. The molecule has 0 saturated carbocycles. The Morgan fingerprint density at radius 1 is 1.06 bits per heavy atom. The van der Waals surface area contributed by atoms with Gasteiger partial charge in [-0.15, -0.1) is 0 Å². The molecule has 47 heavy (non-hydrogen) atoms. The second-order valence-electron chi connectivity index (χ2n) is 13.9. The van der Waals surface area contributed by atoms with E-state index in [2.05, 4.69) is 16.8 Å². The Hall–Kier alpha value is -3.67. The number of fused-ring (bicyclic) bond motifs is 3. The smallest absolute Gasteiger partial charge is 0.319 e. The lowest BCUT2D eigenvalue weighted by molar-refractivity contribution is -0.167. The Balaban J connectivity index is 1.30. The van der Waals surface area contributed by atoms with Crippen LogP contribution in [0.4, 0.5) is 19.0 Å². The monoisotopic (exact) mass is 648 g/mol. The molecule has 4 saturated heterocycles. The summed E-state index contributed by atoms with van der Waals surface area (Å²) in [6, 6.07) is 6.82. The molecular weight excluding hydrogens is 609 g/mol. The van der Waals surface area contributed by atoms with Gasteiger partial charge in [-0.2, -0.15) is 9.97 Å². The first-order valence-corrected chi connectivity index (χ1v) is 16.7. The molecule has 4 aromatic rings. The molecule has 0 aliphatic carbocycles. The molecule has 8 rings (SSSR count). The Morgan fingerprint density at radius 3 is 2.70 bits per heavy atom. The number of phenols is 1. The SMILES string of the molecule is CCc1c(F)ccc2cc(O)cc(-c3c(F)cc4c(N5CCOCC6(CCO6)C5)nc(OC[C@@]56CCCN5C[C@H](C)C6)nc4c3F)c12. The van der Waals surface area contributed by atoms with Crippen molar-refractivity contribution in [1.29, 1.82) is 0 Å². The maximum atomic E-state index is 17.0. The van der Waals surface area contributed by atoms with E-state index in [4.69, 9.17) is 19.2 Å². The number of rotatable bonds is 6. The highest BCUT2D eigenvalue weighted by Crippen LogP contribution is 2.44. The molecule has 4 aliphatic heterocycles. The molecule has 1 aromatic heterocycles. The maximum absolute atomic E-state index is 17.0. The van der Waals surface area contributed by atoms with Gasteiger partial charge in [0, 0.05) is 24.9 Å². The first kappa shape index (κ1) is 30.7. The fourth-order valence-corrected chi connectivity index (χ4v) is 8.49. The Bertz CT molecular complexity index is 1890. The van der Waals surface area contributed by atoms with Crippen molar-refractivity contribution in [3.63, 3.8) is 0 Å². The van der Waals surface area contributed by atoms with Gasteiger partial charge in [-0.1, -0.05) is 19.9 Å². The summed E-state index contributed by atoms with van der Waals surface area (Å²) >= 11 is 0. The summed E-state index contributed by atoms with van der Waals surface area (Å²) in [5, 5.41) is 11.6. The van der Waals surface area contributed by atoms with Gasteiger partial charge in [-0.25, -0.2) is 13.2 Å². The summed E-state index contributed by atoms with van der Waals surface area (Å²) in [5.74, 6) is -1.58. The molecule has 4 fully saturated rings. The molecule has 11 heteroatoms. The molecular formula is C36H39F3N4O4. The van der Waals surface area contributed by atoms with Crippen molar-refractivity contribution in [2.45, 2.75) is 57.1 Å². The molecule has 0 amide bonds. The normalized spacial score (nSPS) is 26.2. The van der Waals surface area contributed by atoms with Gasteiger partial charge < -0.3 is 24.2 Å². The van der Waals surface area contributed by atoms with Gasteiger partial charge in [-0.05, 0) is 84.3 Å². The van der Waals surface area contributed by atoms with Crippen LogP contribution in [0.5, 0.6) is 11.8 Å². The summed E-state index contributed by atoms with van der Waals surface area (Å²) in [4.78, 5) is 13.8. The number of halogens is 3. The number of aromatic hydroxyl groups is 1. The van der Waals surface area contributed by atoms with E-state index in [1.54, 1.807) is 6.92 Å². The fraction of sp³-hybridized carbons (Fsp3) is 0.500. The van der Waals surface area contributed by atoms with Crippen molar-refractivity contribution in [2.24, 2.45) is 5.92 Å². The van der Waals surface area contributed by atoms with Crippen molar-refractivity contribution in [3.05, 3.63) is 53.3 Å². The van der Waals surface area contributed by atoms with Crippen LogP contribution in [0, 0.1) is 23.4 Å². The van der Waals surface area contributed by atoms with E-state index in [0.29, 0.717) is 74.0 Å². The van der Waals surface area contributed by atoms with Crippen LogP contribution in [0.3, 0.4) is 0 Å². The van der Waals surface area contributed by atoms with Crippen LogP contribution in [-0.4, -0.2) is 83.7 Å². The van der Waals surface area contributed by atoms with E-state index in [-0.39, 0.29) is 33.8 Å². The summed E-state index contributed by atoms with van der Waals surface area (Å²) in [7, 11) is 0. The molecule has 0 bridgehead atoms. The molecule has 4 aliphatic rings. The van der Waals surface area contributed by atoms with Crippen LogP contribution in [0.1, 0.15) is 45.1 Å². The topological polar surface area (TPSA) is 80.2 Å². The number of nitrogens with zero attached hydrogens (tertiary/aromatic N) is 4. The average Bonchev–Trinajstić information content (AvgIpc) is 3.44. The lowest BCUT2D eigenvalue weighted by Crippen LogP contribution is -2.54. The van der Waals surface area contributed by atoms with Gasteiger partial charge >= 0.3 is 6.01 Å². The van der Waals surface area contributed by atoms with E-state index in [9.17, 15) is 5.11 Å². The van der Waals surface area contributed by atoms with Crippen molar-refractivity contribution < 1.29 is 32.5 Å². The highest BCUT2D eigenvalue weighted by molar-refractivity contribution is 6.03. The van der Waals surface area contributed by atoms with E-state index >= 15 is 13.2 Å². The zero-order valence-corrected chi connectivity index (χ0v) is 26.8. The minimum absolute atomic E-state index is 0.0135. The van der Waals surface area contributed by atoms with Crippen molar-refractivity contribution in [3.8, 4) is 22.9 Å². The highest BCUT2D eigenvalue weighted by atomic mass is 19.1. The maximum Gasteiger partial charge on any atom is 0.319 e. The van der Waals surface area contributed by atoms with Crippen molar-refractivity contribution in [2.75, 3.05) is 57.5 Å². The number of phenolic OH excluding ortho intramolecular Hbond substituents is 1. The minimum atomic E-state index is -0.928. The summed E-state index contributed by atoms with van der Waals surface area (Å²) in [6.45, 7) is 8.75. The van der Waals surface area contributed by atoms with Gasteiger partial charge in [0.25, 0.3) is 0 Å². The lowest BCUT2D eigenvalue weighted by atomic mass is 9.91. The quantitative estimate of drug-likeness (QED) is 0.258. The number of aromatic nitrogens is 2. The molecule has 0 radical (unpaired) electrons. The number of benzene rings is 3. The summed E-state index contributed by atoms with van der Waals surface area (Å²) < 4.78 is 66.6. The van der Waals surface area contributed by atoms with Gasteiger partial charge in [0.2, 0.25) is 0 Å². The molecule has 1 unspecified atom stereocenters. The van der Waals surface area contributed by atoms with Gasteiger partial charge in [0.05, 0.1) is 37.5 Å². The molecule has 3 atom stereocenters. The predicted molar refractivity (Wildman–Crippen MR) is 173 cm³/mol. The first-order valence-electron chi connectivity index (χ1n) is 16.7. The summed E-state index contributed by atoms with van der Waals surface area (Å²) in [6.07, 6.45) is 4.19. The predicted octanol–water partition coefficient (Wildman–Crippen LogP) is 6.38. The largest absolute Gasteiger partial charge is 0.508 e. The van der Waals surface area contributed by atoms with Gasteiger partial charge in [-0.3, -0.25) is 4.90 Å². The van der Waals surface area contributed by atoms with Crippen LogP contribution in [0.15, 0.2) is 30.3 Å². The number of hydrogen-bond acceptors (Lipinski definition) is 8. The third-order valence-corrected chi connectivity index (χ3v) is 10.7. The highest BCUT2D eigenvalue weighted by Gasteiger charge is 2.48. The van der Waals surface area contributed by atoms with E-state index in [1.165, 1.54) is 30.3 Å². The summed E-state index contributed by atoms with van der Waals surface area (Å²) in [5.41, 5.74) is -0.770. The van der Waals surface area contributed by atoms with E-state index in [1.807, 2.05) is 4.90 Å². The molecule has 1 N–H and O–H groups in total. The van der Waals surface area contributed by atoms with Crippen LogP contribution >= 0.6 is 0 Å². The molecule has 1 spiro atoms. The van der Waals surface area contributed by atoms with Crippen molar-refractivity contribution >= 4 is 27.5 Å². The zero-order chi connectivity index (χ0) is 32.5. The second-order valence-corrected chi connectivity index (χ2v) is 13.9. The minimum Gasteiger partial charge on any atom is -0.508 e. The average molecular weight is 649 g/mol. The zero-order valence-electron chi connectivity index (χ0n) is 26.8. The number of aryl methyl sites for hydroxylation is 1. The third kappa shape index (κ3) is 5.09. The molecule has 5 heterocycles. The lowest BCUT2D eigenvalue weighted by Gasteiger charge is -2.43. The Labute approximate surface area is 271 Å². The molecule has 248 valence electrons. The Kier molecular flexibility index (Phi) is 7.49. The van der Waals surface area contributed by atoms with E-state index in [0.717, 1.165) is 38.8 Å². The fourth-order valence-electron chi connectivity index (χ4n) is 8.49. The van der Waals surface area contributed by atoms with Gasteiger partial charge in [0.1, 0.15) is 40.9 Å².